The lowest BCUT2D eigenvalue weighted by Crippen LogP contribution is -2.05. The molecule has 0 radical (unpaired) electrons. The van der Waals surface area contributed by atoms with Gasteiger partial charge in [-0.05, 0) is 32.4 Å². The van der Waals surface area contributed by atoms with Gasteiger partial charge >= 0.3 is 0 Å². The monoisotopic (exact) mass is 204 g/mol. The Morgan fingerprint density at radius 3 is 2.40 bits per heavy atom. The number of rotatable bonds is 2. The van der Waals surface area contributed by atoms with Crippen LogP contribution in [0.4, 0.5) is 0 Å². The highest BCUT2D eigenvalue weighted by molar-refractivity contribution is 5.22. The molecule has 0 aliphatic rings. The van der Waals surface area contributed by atoms with Gasteiger partial charge in [-0.3, -0.25) is 9.36 Å². The van der Waals surface area contributed by atoms with E-state index in [0.717, 1.165) is 17.9 Å². The van der Waals surface area contributed by atoms with Crippen molar-refractivity contribution in [3.05, 3.63) is 34.9 Å². The summed E-state index contributed by atoms with van der Waals surface area (Å²) in [6.45, 7) is 6.99. The maximum absolute atomic E-state index is 4.48. The van der Waals surface area contributed by atoms with E-state index in [4.69, 9.17) is 0 Å². The van der Waals surface area contributed by atoms with E-state index < -0.39 is 0 Å². The molecule has 2 heterocycles. The molecule has 4 nitrogen and oxygen atoms in total. The molecule has 2 aromatic rings. The van der Waals surface area contributed by atoms with Gasteiger partial charge < -0.3 is 0 Å². The van der Waals surface area contributed by atoms with Gasteiger partial charge in [0.1, 0.15) is 0 Å². The van der Waals surface area contributed by atoms with Gasteiger partial charge in [0.05, 0.1) is 17.9 Å². The molecule has 2 rings (SSSR count). The molecule has 2 aromatic heterocycles. The van der Waals surface area contributed by atoms with Crippen molar-refractivity contribution in [3.8, 4) is 0 Å². The molecular weight excluding hydrogens is 188 g/mol. The lowest BCUT2D eigenvalue weighted by molar-refractivity contribution is 0.630. The summed E-state index contributed by atoms with van der Waals surface area (Å²) in [7, 11) is 1.93. The van der Waals surface area contributed by atoms with Gasteiger partial charge in [-0.1, -0.05) is 0 Å². The summed E-state index contributed by atoms with van der Waals surface area (Å²) in [5, 5.41) is 8.82. The van der Waals surface area contributed by atoms with Gasteiger partial charge in [0.2, 0.25) is 0 Å². The third-order valence-electron chi connectivity index (χ3n) is 2.82. The SMILES string of the molecule is Cc1nn(Cc2ccn(C)n2)c(C)c1C. The molecule has 0 unspecified atom stereocenters. The minimum Gasteiger partial charge on any atom is -0.275 e. The van der Waals surface area contributed by atoms with Gasteiger partial charge in [-0.2, -0.15) is 10.2 Å². The highest BCUT2D eigenvalue weighted by Gasteiger charge is 2.08. The Kier molecular flexibility index (Phi) is 2.34. The second-order valence-electron chi connectivity index (χ2n) is 3.93. The van der Waals surface area contributed by atoms with Crippen LogP contribution in [0.2, 0.25) is 0 Å². The normalized spacial score (nSPS) is 10.9. The molecule has 4 heteroatoms. The van der Waals surface area contributed by atoms with Crippen molar-refractivity contribution >= 4 is 0 Å². The van der Waals surface area contributed by atoms with E-state index in [1.165, 1.54) is 11.3 Å². The highest BCUT2D eigenvalue weighted by atomic mass is 15.3. The van der Waals surface area contributed by atoms with Crippen LogP contribution < -0.4 is 0 Å². The fraction of sp³-hybridized carbons (Fsp3) is 0.455. The van der Waals surface area contributed by atoms with Gasteiger partial charge in [0, 0.05) is 18.9 Å². The molecule has 0 bridgehead atoms. The molecule has 0 saturated heterocycles. The van der Waals surface area contributed by atoms with E-state index in [1.54, 1.807) is 0 Å². The minimum absolute atomic E-state index is 0.751. The second-order valence-corrected chi connectivity index (χ2v) is 3.93. The first-order valence-electron chi connectivity index (χ1n) is 5.07. The van der Waals surface area contributed by atoms with Gasteiger partial charge in [-0.25, -0.2) is 0 Å². The second kappa shape index (κ2) is 3.53. The predicted octanol–water partition coefficient (Wildman–Crippen LogP) is 1.59. The van der Waals surface area contributed by atoms with Crippen molar-refractivity contribution < 1.29 is 0 Å². The zero-order chi connectivity index (χ0) is 11.0. The third-order valence-corrected chi connectivity index (χ3v) is 2.82. The van der Waals surface area contributed by atoms with Crippen molar-refractivity contribution in [2.24, 2.45) is 7.05 Å². The fourth-order valence-electron chi connectivity index (χ4n) is 1.64. The van der Waals surface area contributed by atoms with Crippen LogP contribution in [-0.2, 0) is 13.6 Å². The smallest absolute Gasteiger partial charge is 0.0853 e. The predicted molar refractivity (Wildman–Crippen MR) is 58.7 cm³/mol. The van der Waals surface area contributed by atoms with Gasteiger partial charge in [0.15, 0.2) is 0 Å². The van der Waals surface area contributed by atoms with E-state index in [9.17, 15) is 0 Å². The summed E-state index contributed by atoms with van der Waals surface area (Å²) in [4.78, 5) is 0. The Hall–Kier alpha value is -1.58. The molecule has 0 spiro atoms. The van der Waals surface area contributed by atoms with Crippen molar-refractivity contribution in [2.45, 2.75) is 27.3 Å². The average Bonchev–Trinajstić information content (AvgIpc) is 2.68. The molecule has 0 aliphatic heterocycles. The summed E-state index contributed by atoms with van der Waals surface area (Å²) < 4.78 is 3.82. The summed E-state index contributed by atoms with van der Waals surface area (Å²) in [6.07, 6.45) is 1.95. The van der Waals surface area contributed by atoms with Crippen LogP contribution in [0.15, 0.2) is 12.3 Å². The lowest BCUT2D eigenvalue weighted by Gasteiger charge is -2.01. The summed E-state index contributed by atoms with van der Waals surface area (Å²) in [5.41, 5.74) is 4.63. The molecule has 0 atom stereocenters. The maximum Gasteiger partial charge on any atom is 0.0853 e. The molecule has 0 N–H and O–H groups in total. The lowest BCUT2D eigenvalue weighted by atomic mass is 10.2. The summed E-state index contributed by atoms with van der Waals surface area (Å²) in [6, 6.07) is 2.02. The molecule has 0 aromatic carbocycles. The van der Waals surface area contributed by atoms with E-state index in [-0.39, 0.29) is 0 Å². The van der Waals surface area contributed by atoms with Crippen LogP contribution in [-0.4, -0.2) is 19.6 Å². The number of aryl methyl sites for hydroxylation is 2. The topological polar surface area (TPSA) is 35.6 Å². The molecule has 0 aliphatic carbocycles. The first-order chi connectivity index (χ1) is 7.08. The van der Waals surface area contributed by atoms with E-state index in [0.29, 0.717) is 0 Å². The van der Waals surface area contributed by atoms with Crippen LogP contribution in [0.25, 0.3) is 0 Å². The zero-order valence-electron chi connectivity index (χ0n) is 9.65. The van der Waals surface area contributed by atoms with Crippen LogP contribution in [0.1, 0.15) is 22.6 Å². The fourth-order valence-corrected chi connectivity index (χ4v) is 1.64. The average molecular weight is 204 g/mol. The van der Waals surface area contributed by atoms with Gasteiger partial charge in [-0.15, -0.1) is 0 Å². The molecule has 0 fully saturated rings. The number of hydrogen-bond donors (Lipinski definition) is 0. The van der Waals surface area contributed by atoms with Crippen molar-refractivity contribution in [3.63, 3.8) is 0 Å². The molecule has 80 valence electrons. The zero-order valence-corrected chi connectivity index (χ0v) is 9.65. The highest BCUT2D eigenvalue weighted by Crippen LogP contribution is 2.12. The Bertz CT molecular complexity index is 479. The standard InChI is InChI=1S/C11H16N4/c1-8-9(2)12-15(10(8)3)7-11-5-6-14(4)13-11/h5-6H,7H2,1-4H3. The van der Waals surface area contributed by atoms with E-state index >= 15 is 0 Å². The molecule has 15 heavy (non-hydrogen) atoms. The van der Waals surface area contributed by atoms with Crippen LogP contribution in [0.5, 0.6) is 0 Å². The number of hydrogen-bond acceptors (Lipinski definition) is 2. The Balaban J connectivity index is 2.28. The molecular formula is C11H16N4. The maximum atomic E-state index is 4.48. The quantitative estimate of drug-likeness (QED) is 0.744. The van der Waals surface area contributed by atoms with Crippen molar-refractivity contribution in [1.82, 2.24) is 19.6 Å². The van der Waals surface area contributed by atoms with E-state index in [1.807, 2.05) is 35.6 Å². The first-order valence-corrected chi connectivity index (χ1v) is 5.07. The first kappa shape index (κ1) is 9.96. The Morgan fingerprint density at radius 2 is 1.93 bits per heavy atom. The number of nitrogens with zero attached hydrogens (tertiary/aromatic N) is 4. The summed E-state index contributed by atoms with van der Waals surface area (Å²) >= 11 is 0. The number of aromatic nitrogens is 4. The molecule has 0 saturated carbocycles. The van der Waals surface area contributed by atoms with Crippen LogP contribution >= 0.6 is 0 Å². The Morgan fingerprint density at radius 1 is 1.20 bits per heavy atom. The van der Waals surface area contributed by atoms with Gasteiger partial charge in [0.25, 0.3) is 0 Å². The Labute approximate surface area is 89.5 Å². The minimum atomic E-state index is 0.751. The van der Waals surface area contributed by atoms with Crippen molar-refractivity contribution in [2.75, 3.05) is 0 Å². The largest absolute Gasteiger partial charge is 0.275 e. The van der Waals surface area contributed by atoms with Crippen LogP contribution in [0, 0.1) is 20.8 Å². The summed E-state index contributed by atoms with van der Waals surface area (Å²) in [5.74, 6) is 0. The molecule has 0 amide bonds. The third kappa shape index (κ3) is 1.79. The van der Waals surface area contributed by atoms with Crippen molar-refractivity contribution in [1.29, 1.82) is 0 Å². The van der Waals surface area contributed by atoms with E-state index in [2.05, 4.69) is 24.0 Å². The van der Waals surface area contributed by atoms with Crippen LogP contribution in [0.3, 0.4) is 0 Å².